The quantitative estimate of drug-likeness (QED) is 0.620. The van der Waals surface area contributed by atoms with Crippen molar-refractivity contribution in [3.8, 4) is 0 Å². The van der Waals surface area contributed by atoms with Crippen molar-refractivity contribution >= 4 is 28.9 Å². The Balaban J connectivity index is 2.83. The third kappa shape index (κ3) is 2.61. The number of nitrogens with two attached hydrogens (primary N) is 1. The molecule has 0 saturated heterocycles. The Hall–Kier alpha value is -1.26. The summed E-state index contributed by atoms with van der Waals surface area (Å²) in [4.78, 5) is 10.8. The summed E-state index contributed by atoms with van der Waals surface area (Å²) in [5, 5.41) is 11.2. The first kappa shape index (κ1) is 9.83. The molecule has 4 N–H and O–H groups in total. The summed E-state index contributed by atoms with van der Waals surface area (Å²) in [7, 11) is 0. The Kier molecular flexibility index (Phi) is 3.11. The monoisotopic (exact) mass is 200 g/mol. The van der Waals surface area contributed by atoms with Crippen LogP contribution in [0.1, 0.15) is 0 Å². The van der Waals surface area contributed by atoms with Crippen molar-refractivity contribution in [3.05, 3.63) is 23.2 Å². The number of rotatable bonds is 2. The lowest BCUT2D eigenvalue weighted by atomic mass is 10.3. The van der Waals surface area contributed by atoms with Crippen LogP contribution in [-0.4, -0.2) is 17.6 Å². The highest BCUT2D eigenvalue weighted by atomic mass is 35.5. The van der Waals surface area contributed by atoms with Crippen molar-refractivity contribution in [2.24, 2.45) is 0 Å². The predicted octanol–water partition coefficient (Wildman–Crippen LogP) is 0.853. The van der Waals surface area contributed by atoms with Crippen molar-refractivity contribution in [1.29, 1.82) is 0 Å². The molecule has 1 aromatic rings. The van der Waals surface area contributed by atoms with Crippen molar-refractivity contribution in [2.75, 3.05) is 17.7 Å². The van der Waals surface area contributed by atoms with Crippen molar-refractivity contribution in [2.45, 2.75) is 0 Å². The van der Waals surface area contributed by atoms with Gasteiger partial charge in [0.2, 0.25) is 5.91 Å². The van der Waals surface area contributed by atoms with E-state index < -0.39 is 12.5 Å². The van der Waals surface area contributed by atoms with Gasteiger partial charge in [0.15, 0.2) is 0 Å². The van der Waals surface area contributed by atoms with Gasteiger partial charge in [0.05, 0.1) is 10.7 Å². The Bertz CT molecular complexity index is 328. The molecule has 0 aliphatic rings. The number of hydrogen-bond acceptors (Lipinski definition) is 3. The van der Waals surface area contributed by atoms with E-state index in [1.807, 2.05) is 0 Å². The Morgan fingerprint density at radius 3 is 2.85 bits per heavy atom. The molecule has 0 fully saturated rings. The van der Waals surface area contributed by atoms with Crippen LogP contribution in [0.3, 0.4) is 0 Å². The average molecular weight is 201 g/mol. The third-order valence-corrected chi connectivity index (χ3v) is 1.72. The minimum atomic E-state index is -0.569. The van der Waals surface area contributed by atoms with Gasteiger partial charge in [-0.05, 0) is 18.2 Å². The fraction of sp³-hybridized carbons (Fsp3) is 0.125. The first-order valence-corrected chi connectivity index (χ1v) is 3.97. The first-order valence-electron chi connectivity index (χ1n) is 3.59. The number of benzene rings is 1. The van der Waals surface area contributed by atoms with Crippen LogP contribution in [0, 0.1) is 0 Å². The number of carbonyl (C=O) groups excluding carboxylic acids is 1. The third-order valence-electron chi connectivity index (χ3n) is 1.41. The second-order valence-corrected chi connectivity index (χ2v) is 2.85. The van der Waals surface area contributed by atoms with Crippen LogP contribution in [0.2, 0.25) is 5.02 Å². The van der Waals surface area contributed by atoms with E-state index in [-0.39, 0.29) is 0 Å². The second kappa shape index (κ2) is 4.11. The lowest BCUT2D eigenvalue weighted by molar-refractivity contribution is -0.118. The van der Waals surface area contributed by atoms with Gasteiger partial charge in [-0.2, -0.15) is 0 Å². The minimum Gasteiger partial charge on any atom is -0.399 e. The van der Waals surface area contributed by atoms with Gasteiger partial charge < -0.3 is 16.2 Å². The van der Waals surface area contributed by atoms with Gasteiger partial charge >= 0.3 is 0 Å². The molecule has 1 aromatic carbocycles. The number of aliphatic hydroxyl groups excluding tert-OH is 1. The molecule has 0 bridgehead atoms. The topological polar surface area (TPSA) is 75.3 Å². The standard InChI is InChI=1S/C8H9ClN2O2/c9-6-3-5(10)1-2-7(6)11-8(13)4-12/h1-3,12H,4,10H2,(H,11,13). The van der Waals surface area contributed by atoms with Crippen molar-refractivity contribution in [1.82, 2.24) is 0 Å². The maximum atomic E-state index is 10.8. The van der Waals surface area contributed by atoms with E-state index >= 15 is 0 Å². The zero-order chi connectivity index (χ0) is 9.84. The fourth-order valence-electron chi connectivity index (χ4n) is 0.822. The zero-order valence-corrected chi connectivity index (χ0v) is 7.51. The molecule has 0 aliphatic carbocycles. The summed E-state index contributed by atoms with van der Waals surface area (Å²) in [6.45, 7) is -0.569. The Labute approximate surface area is 80.3 Å². The molecule has 1 amide bonds. The minimum absolute atomic E-state index is 0.349. The molecule has 0 aromatic heterocycles. The van der Waals surface area contributed by atoms with Gasteiger partial charge in [-0.15, -0.1) is 0 Å². The molecule has 0 heterocycles. The smallest absolute Gasteiger partial charge is 0.250 e. The molecular weight excluding hydrogens is 192 g/mol. The lowest BCUT2D eigenvalue weighted by Gasteiger charge is -2.05. The van der Waals surface area contributed by atoms with Gasteiger partial charge in [0.1, 0.15) is 6.61 Å². The zero-order valence-electron chi connectivity index (χ0n) is 6.75. The highest BCUT2D eigenvalue weighted by Crippen LogP contribution is 2.23. The molecule has 0 radical (unpaired) electrons. The number of halogens is 1. The van der Waals surface area contributed by atoms with Crippen LogP contribution in [0.25, 0.3) is 0 Å². The van der Waals surface area contributed by atoms with Crippen LogP contribution in [0.4, 0.5) is 11.4 Å². The molecule has 4 nitrogen and oxygen atoms in total. The highest BCUT2D eigenvalue weighted by molar-refractivity contribution is 6.34. The maximum absolute atomic E-state index is 10.8. The van der Waals surface area contributed by atoms with Gasteiger partial charge in [-0.3, -0.25) is 4.79 Å². The normalized spacial score (nSPS) is 9.69. The number of nitrogens with one attached hydrogen (secondary N) is 1. The number of aliphatic hydroxyl groups is 1. The van der Waals surface area contributed by atoms with Crippen LogP contribution in [0.15, 0.2) is 18.2 Å². The second-order valence-electron chi connectivity index (χ2n) is 2.45. The number of amides is 1. The highest BCUT2D eigenvalue weighted by Gasteiger charge is 2.03. The van der Waals surface area contributed by atoms with Crippen LogP contribution < -0.4 is 11.1 Å². The Morgan fingerprint density at radius 2 is 2.31 bits per heavy atom. The summed E-state index contributed by atoms with van der Waals surface area (Å²) in [5.74, 6) is -0.508. The largest absolute Gasteiger partial charge is 0.399 e. The molecular formula is C8H9ClN2O2. The molecule has 5 heteroatoms. The summed E-state index contributed by atoms with van der Waals surface area (Å²) >= 11 is 5.75. The van der Waals surface area contributed by atoms with Crippen molar-refractivity contribution < 1.29 is 9.90 Å². The molecule has 1 rings (SSSR count). The van der Waals surface area contributed by atoms with Gasteiger partial charge in [-0.25, -0.2) is 0 Å². The van der Waals surface area contributed by atoms with Crippen LogP contribution >= 0.6 is 11.6 Å². The first-order chi connectivity index (χ1) is 6.13. The summed E-state index contributed by atoms with van der Waals surface area (Å²) in [6, 6.07) is 4.71. The molecule has 0 saturated carbocycles. The predicted molar refractivity (Wildman–Crippen MR) is 51.6 cm³/mol. The molecule has 13 heavy (non-hydrogen) atoms. The van der Waals surface area contributed by atoms with E-state index in [9.17, 15) is 4.79 Å². The molecule has 0 atom stereocenters. The van der Waals surface area contributed by atoms with Crippen LogP contribution in [0.5, 0.6) is 0 Å². The van der Waals surface area contributed by atoms with Gasteiger partial charge in [-0.1, -0.05) is 11.6 Å². The molecule has 70 valence electrons. The summed E-state index contributed by atoms with van der Waals surface area (Å²) in [6.07, 6.45) is 0. The SMILES string of the molecule is Nc1ccc(NC(=O)CO)c(Cl)c1. The van der Waals surface area contributed by atoms with Crippen LogP contribution in [-0.2, 0) is 4.79 Å². The van der Waals surface area contributed by atoms with Gasteiger partial charge in [0.25, 0.3) is 0 Å². The van der Waals surface area contributed by atoms with E-state index in [4.69, 9.17) is 22.4 Å². The van der Waals surface area contributed by atoms with E-state index in [0.717, 1.165) is 0 Å². The molecule has 0 aliphatic heterocycles. The lowest BCUT2D eigenvalue weighted by Crippen LogP contribution is -2.15. The molecule has 0 unspecified atom stereocenters. The van der Waals surface area contributed by atoms with Crippen molar-refractivity contribution in [3.63, 3.8) is 0 Å². The summed E-state index contributed by atoms with van der Waals surface area (Å²) < 4.78 is 0. The maximum Gasteiger partial charge on any atom is 0.250 e. The number of hydrogen-bond donors (Lipinski definition) is 3. The Morgan fingerprint density at radius 1 is 1.62 bits per heavy atom. The van der Waals surface area contributed by atoms with E-state index in [2.05, 4.69) is 5.32 Å². The van der Waals surface area contributed by atoms with E-state index in [1.165, 1.54) is 6.07 Å². The fourth-order valence-corrected chi connectivity index (χ4v) is 1.06. The summed E-state index contributed by atoms with van der Waals surface area (Å²) in [5.41, 5.74) is 6.40. The van der Waals surface area contributed by atoms with E-state index in [1.54, 1.807) is 12.1 Å². The average Bonchev–Trinajstić information content (AvgIpc) is 2.09. The van der Waals surface area contributed by atoms with E-state index in [0.29, 0.717) is 16.4 Å². The number of nitrogen functional groups attached to an aromatic ring is 1. The number of anilines is 2. The molecule has 0 spiro atoms. The number of carbonyl (C=O) groups is 1. The van der Waals surface area contributed by atoms with Gasteiger partial charge in [0, 0.05) is 5.69 Å².